The van der Waals surface area contributed by atoms with Gasteiger partial charge in [0.25, 0.3) is 5.91 Å². The number of carbonyl (C=O) groups excluding carboxylic acids is 2. The molecular formula is C10H6N2O2. The lowest BCUT2D eigenvalue weighted by atomic mass is 10.2. The molecule has 2 N–H and O–H groups in total. The largest absolute Gasteiger partial charge is 0.359 e. The van der Waals surface area contributed by atoms with Crippen LogP contribution in [0.1, 0.15) is 5.56 Å². The molecule has 0 radical (unpaired) electrons. The molecule has 1 aromatic rings. The number of aliphatic imine (C=N–C) groups is 1. The highest BCUT2D eigenvalue weighted by Gasteiger charge is 1.90. The van der Waals surface area contributed by atoms with Gasteiger partial charge in [-0.05, 0) is 24.1 Å². The van der Waals surface area contributed by atoms with Crippen molar-refractivity contribution in [2.75, 3.05) is 0 Å². The second kappa shape index (κ2) is 4.61. The molecule has 0 aliphatic heterocycles. The standard InChI is InChI=1S/C10H6N2O2/c11-10(14)5-4-8-2-1-3-9(6-8)12-7-13/h1-3,6H,(H2,11,14). The van der Waals surface area contributed by atoms with Crippen molar-refractivity contribution in [3.05, 3.63) is 29.8 Å². The highest BCUT2D eigenvalue weighted by molar-refractivity contribution is 5.92. The summed E-state index contributed by atoms with van der Waals surface area (Å²) >= 11 is 0. The monoisotopic (exact) mass is 186 g/mol. The number of hydrogen-bond donors (Lipinski definition) is 1. The summed E-state index contributed by atoms with van der Waals surface area (Å²) in [7, 11) is 0. The summed E-state index contributed by atoms with van der Waals surface area (Å²) in [6.07, 6.45) is 1.41. The van der Waals surface area contributed by atoms with Gasteiger partial charge < -0.3 is 5.73 Å². The van der Waals surface area contributed by atoms with Gasteiger partial charge >= 0.3 is 0 Å². The fourth-order valence-corrected chi connectivity index (χ4v) is 0.840. The van der Waals surface area contributed by atoms with E-state index in [9.17, 15) is 9.59 Å². The topological polar surface area (TPSA) is 72.5 Å². The molecule has 0 saturated heterocycles. The highest BCUT2D eigenvalue weighted by atomic mass is 16.1. The minimum atomic E-state index is -0.700. The average molecular weight is 186 g/mol. The maximum Gasteiger partial charge on any atom is 0.293 e. The van der Waals surface area contributed by atoms with Crippen LogP contribution in [0, 0.1) is 11.8 Å². The Balaban J connectivity index is 3.01. The van der Waals surface area contributed by atoms with E-state index in [-0.39, 0.29) is 0 Å². The van der Waals surface area contributed by atoms with Gasteiger partial charge in [-0.15, -0.1) is 0 Å². The molecule has 0 bridgehead atoms. The van der Waals surface area contributed by atoms with Crippen molar-refractivity contribution in [2.24, 2.45) is 10.7 Å². The minimum Gasteiger partial charge on any atom is -0.359 e. The zero-order valence-corrected chi connectivity index (χ0v) is 7.15. The Labute approximate surface area is 80.4 Å². The molecule has 14 heavy (non-hydrogen) atoms. The summed E-state index contributed by atoms with van der Waals surface area (Å²) in [5.41, 5.74) is 5.85. The molecule has 4 nitrogen and oxygen atoms in total. The molecule has 0 aromatic heterocycles. The Morgan fingerprint density at radius 1 is 1.43 bits per heavy atom. The van der Waals surface area contributed by atoms with E-state index in [1.165, 1.54) is 6.08 Å². The lowest BCUT2D eigenvalue weighted by Crippen LogP contribution is -2.06. The zero-order valence-electron chi connectivity index (χ0n) is 7.15. The Kier molecular flexibility index (Phi) is 3.20. The third-order valence-corrected chi connectivity index (χ3v) is 1.35. The molecule has 0 aliphatic rings. The van der Waals surface area contributed by atoms with E-state index in [0.717, 1.165) is 0 Å². The molecule has 0 heterocycles. The summed E-state index contributed by atoms with van der Waals surface area (Å²) in [4.78, 5) is 23.7. The SMILES string of the molecule is NC(=O)C#Cc1cccc(N=C=O)c1. The van der Waals surface area contributed by atoms with E-state index < -0.39 is 5.91 Å². The van der Waals surface area contributed by atoms with E-state index in [0.29, 0.717) is 11.3 Å². The molecule has 0 saturated carbocycles. The molecule has 0 aliphatic carbocycles. The Morgan fingerprint density at radius 2 is 2.21 bits per heavy atom. The molecule has 68 valence electrons. The van der Waals surface area contributed by atoms with Gasteiger partial charge in [0.1, 0.15) is 0 Å². The zero-order chi connectivity index (χ0) is 10.4. The fourth-order valence-electron chi connectivity index (χ4n) is 0.840. The van der Waals surface area contributed by atoms with Crippen molar-refractivity contribution >= 4 is 17.7 Å². The lowest BCUT2D eigenvalue weighted by molar-refractivity contribution is -0.112. The fraction of sp³-hybridized carbons (Fsp3) is 0. The van der Waals surface area contributed by atoms with E-state index in [1.54, 1.807) is 24.3 Å². The van der Waals surface area contributed by atoms with Crippen molar-refractivity contribution < 1.29 is 9.59 Å². The van der Waals surface area contributed by atoms with Crippen molar-refractivity contribution in [1.29, 1.82) is 0 Å². The van der Waals surface area contributed by atoms with Crippen molar-refractivity contribution in [3.8, 4) is 11.8 Å². The summed E-state index contributed by atoms with van der Waals surface area (Å²) < 4.78 is 0. The number of rotatable bonds is 1. The second-order valence-corrected chi connectivity index (χ2v) is 2.37. The van der Waals surface area contributed by atoms with Crippen LogP contribution in [-0.4, -0.2) is 12.0 Å². The van der Waals surface area contributed by atoms with Crippen LogP contribution in [0.15, 0.2) is 29.3 Å². The lowest BCUT2D eigenvalue weighted by Gasteiger charge is -1.90. The van der Waals surface area contributed by atoms with Gasteiger partial charge in [0.15, 0.2) is 0 Å². The first kappa shape index (κ1) is 9.72. The number of carbonyl (C=O) groups is 1. The molecular weight excluding hydrogens is 180 g/mol. The van der Waals surface area contributed by atoms with Gasteiger partial charge in [0.2, 0.25) is 6.08 Å². The van der Waals surface area contributed by atoms with E-state index >= 15 is 0 Å². The molecule has 0 fully saturated rings. The van der Waals surface area contributed by atoms with Gasteiger partial charge in [0.05, 0.1) is 5.69 Å². The number of hydrogen-bond acceptors (Lipinski definition) is 3. The van der Waals surface area contributed by atoms with Gasteiger partial charge in [0, 0.05) is 5.56 Å². The number of nitrogens with two attached hydrogens (primary N) is 1. The minimum absolute atomic E-state index is 0.441. The van der Waals surface area contributed by atoms with Crippen LogP contribution < -0.4 is 5.73 Å². The van der Waals surface area contributed by atoms with Gasteiger partial charge in [-0.1, -0.05) is 12.0 Å². The normalized spacial score (nSPS) is 8.00. The molecule has 0 spiro atoms. The van der Waals surface area contributed by atoms with Crippen molar-refractivity contribution in [3.63, 3.8) is 0 Å². The molecule has 1 rings (SSSR count). The Hall–Kier alpha value is -2.37. The van der Waals surface area contributed by atoms with E-state index in [4.69, 9.17) is 5.73 Å². The van der Waals surface area contributed by atoms with Crippen molar-refractivity contribution in [2.45, 2.75) is 0 Å². The first-order valence-electron chi connectivity index (χ1n) is 3.72. The average Bonchev–Trinajstić information content (AvgIpc) is 2.16. The number of primary amides is 1. The summed E-state index contributed by atoms with van der Waals surface area (Å²) in [5.74, 6) is 4.01. The molecule has 0 atom stereocenters. The molecule has 0 unspecified atom stereocenters. The Bertz CT molecular complexity index is 463. The number of isocyanates is 1. The van der Waals surface area contributed by atoms with Gasteiger partial charge in [-0.2, -0.15) is 4.99 Å². The van der Waals surface area contributed by atoms with Crippen LogP contribution in [-0.2, 0) is 9.59 Å². The summed E-state index contributed by atoms with van der Waals surface area (Å²) in [6, 6.07) is 6.53. The first-order chi connectivity index (χ1) is 6.72. The second-order valence-electron chi connectivity index (χ2n) is 2.37. The summed E-state index contributed by atoms with van der Waals surface area (Å²) in [6.45, 7) is 0. The third-order valence-electron chi connectivity index (χ3n) is 1.35. The number of nitrogens with zero attached hydrogens (tertiary/aromatic N) is 1. The van der Waals surface area contributed by atoms with Gasteiger partial charge in [-0.3, -0.25) is 4.79 Å². The first-order valence-corrected chi connectivity index (χ1v) is 3.72. The quantitative estimate of drug-likeness (QED) is 0.394. The maximum absolute atomic E-state index is 10.3. The van der Waals surface area contributed by atoms with Crippen LogP contribution in [0.2, 0.25) is 0 Å². The van der Waals surface area contributed by atoms with Crippen LogP contribution in [0.4, 0.5) is 5.69 Å². The predicted octanol–water partition coefficient (Wildman–Crippen LogP) is 0.491. The number of amides is 1. The van der Waals surface area contributed by atoms with E-state index in [1.807, 2.05) is 0 Å². The van der Waals surface area contributed by atoms with Crippen LogP contribution in [0.5, 0.6) is 0 Å². The highest BCUT2D eigenvalue weighted by Crippen LogP contribution is 2.11. The van der Waals surface area contributed by atoms with E-state index in [2.05, 4.69) is 16.8 Å². The maximum atomic E-state index is 10.3. The molecule has 1 amide bonds. The van der Waals surface area contributed by atoms with Crippen LogP contribution in [0.3, 0.4) is 0 Å². The van der Waals surface area contributed by atoms with Gasteiger partial charge in [-0.25, -0.2) is 4.79 Å². The van der Waals surface area contributed by atoms with Crippen LogP contribution >= 0.6 is 0 Å². The summed E-state index contributed by atoms with van der Waals surface area (Å²) in [5, 5.41) is 0. The predicted molar refractivity (Wildman–Crippen MR) is 50.3 cm³/mol. The third kappa shape index (κ3) is 2.94. The smallest absolute Gasteiger partial charge is 0.293 e. The number of benzene rings is 1. The Morgan fingerprint density at radius 3 is 2.86 bits per heavy atom. The van der Waals surface area contributed by atoms with Crippen LogP contribution in [0.25, 0.3) is 0 Å². The molecule has 4 heteroatoms. The molecule has 1 aromatic carbocycles. The van der Waals surface area contributed by atoms with Crippen molar-refractivity contribution in [1.82, 2.24) is 0 Å².